The fraction of sp³-hybridized carbons (Fsp3) is 0.800. The smallest absolute Gasteiger partial charge is 0.307 e. The first kappa shape index (κ1) is 12.0. The van der Waals surface area contributed by atoms with Gasteiger partial charge < -0.3 is 15.4 Å². The van der Waals surface area contributed by atoms with Crippen LogP contribution >= 0.6 is 0 Å². The Labute approximate surface area is 89.6 Å². The van der Waals surface area contributed by atoms with Crippen LogP contribution in [0.4, 0.5) is 0 Å². The number of nitrogens with one attached hydrogen (secondary N) is 2. The Hall–Kier alpha value is -1.10. The van der Waals surface area contributed by atoms with Gasteiger partial charge in [0.25, 0.3) is 0 Å². The van der Waals surface area contributed by atoms with E-state index >= 15 is 0 Å². The molecule has 1 fully saturated rings. The number of carbonyl (C=O) groups excluding carboxylic acids is 2. The molecule has 0 aromatic carbocycles. The molecule has 2 N–H and O–H groups in total. The van der Waals surface area contributed by atoms with Gasteiger partial charge in [-0.1, -0.05) is 0 Å². The standard InChI is InChI=1S/C10H18N2O3/c1-2-15-10(14)3-4-12-9(13)5-8-6-11-7-8/h8,11H,2-7H2,1H3,(H,12,13). The highest BCUT2D eigenvalue weighted by Crippen LogP contribution is 2.07. The van der Waals surface area contributed by atoms with Crippen LogP contribution in [0.5, 0.6) is 0 Å². The summed E-state index contributed by atoms with van der Waals surface area (Å²) in [4.78, 5) is 22.2. The van der Waals surface area contributed by atoms with E-state index in [0.717, 1.165) is 13.1 Å². The summed E-state index contributed by atoms with van der Waals surface area (Å²) >= 11 is 0. The van der Waals surface area contributed by atoms with Gasteiger partial charge in [0.05, 0.1) is 13.0 Å². The van der Waals surface area contributed by atoms with Gasteiger partial charge >= 0.3 is 5.97 Å². The Kier molecular flexibility index (Phi) is 5.10. The highest BCUT2D eigenvalue weighted by molar-refractivity contribution is 5.77. The monoisotopic (exact) mass is 214 g/mol. The average molecular weight is 214 g/mol. The average Bonchev–Trinajstić information content (AvgIpc) is 2.12. The van der Waals surface area contributed by atoms with E-state index in [1.807, 2.05) is 0 Å². The maximum atomic E-state index is 11.3. The molecule has 0 aliphatic carbocycles. The van der Waals surface area contributed by atoms with Crippen molar-refractivity contribution in [2.75, 3.05) is 26.2 Å². The molecule has 0 unspecified atom stereocenters. The molecule has 0 aromatic heterocycles. The minimum absolute atomic E-state index is 0.0193. The van der Waals surface area contributed by atoms with Gasteiger partial charge in [-0.25, -0.2) is 0 Å². The Morgan fingerprint density at radius 1 is 1.47 bits per heavy atom. The molecule has 5 nitrogen and oxygen atoms in total. The zero-order valence-electron chi connectivity index (χ0n) is 9.04. The molecule has 1 aliphatic heterocycles. The molecule has 1 rings (SSSR count). The number of esters is 1. The molecule has 1 heterocycles. The van der Waals surface area contributed by atoms with Crippen molar-refractivity contribution in [3.8, 4) is 0 Å². The molecule has 1 amide bonds. The summed E-state index contributed by atoms with van der Waals surface area (Å²) in [7, 11) is 0. The zero-order valence-corrected chi connectivity index (χ0v) is 9.04. The van der Waals surface area contributed by atoms with Crippen molar-refractivity contribution in [2.24, 2.45) is 5.92 Å². The molecule has 0 bridgehead atoms. The number of carbonyl (C=O) groups is 2. The normalized spacial score (nSPS) is 15.5. The first-order chi connectivity index (χ1) is 7.22. The van der Waals surface area contributed by atoms with Crippen molar-refractivity contribution in [1.82, 2.24) is 10.6 Å². The van der Waals surface area contributed by atoms with E-state index < -0.39 is 0 Å². The van der Waals surface area contributed by atoms with Gasteiger partial charge in [-0.2, -0.15) is 0 Å². The summed E-state index contributed by atoms with van der Waals surface area (Å²) < 4.78 is 4.74. The van der Waals surface area contributed by atoms with E-state index in [1.54, 1.807) is 6.92 Å². The van der Waals surface area contributed by atoms with Crippen molar-refractivity contribution in [3.63, 3.8) is 0 Å². The Morgan fingerprint density at radius 3 is 2.73 bits per heavy atom. The van der Waals surface area contributed by atoms with Crippen LogP contribution in [0.15, 0.2) is 0 Å². The Morgan fingerprint density at radius 2 is 2.20 bits per heavy atom. The quantitative estimate of drug-likeness (QED) is 0.594. The summed E-state index contributed by atoms with van der Waals surface area (Å²) in [6.45, 7) is 4.37. The van der Waals surface area contributed by atoms with Crippen LogP contribution in [-0.4, -0.2) is 38.1 Å². The fourth-order valence-electron chi connectivity index (χ4n) is 1.36. The molecule has 1 saturated heterocycles. The first-order valence-electron chi connectivity index (χ1n) is 5.35. The van der Waals surface area contributed by atoms with Crippen LogP contribution in [0.1, 0.15) is 19.8 Å². The van der Waals surface area contributed by atoms with Crippen LogP contribution in [0.3, 0.4) is 0 Å². The molecule has 0 spiro atoms. The van der Waals surface area contributed by atoms with Gasteiger partial charge in [0.2, 0.25) is 5.91 Å². The number of rotatable bonds is 6. The molecule has 1 aliphatic rings. The van der Waals surface area contributed by atoms with Crippen LogP contribution in [0.2, 0.25) is 0 Å². The van der Waals surface area contributed by atoms with Gasteiger partial charge in [0, 0.05) is 13.0 Å². The lowest BCUT2D eigenvalue weighted by atomic mass is 9.99. The minimum atomic E-state index is -0.261. The van der Waals surface area contributed by atoms with Crippen LogP contribution in [0.25, 0.3) is 0 Å². The lowest BCUT2D eigenvalue weighted by Crippen LogP contribution is -2.44. The zero-order chi connectivity index (χ0) is 11.1. The molecular weight excluding hydrogens is 196 g/mol. The van der Waals surface area contributed by atoms with Crippen molar-refractivity contribution in [2.45, 2.75) is 19.8 Å². The predicted molar refractivity (Wildman–Crippen MR) is 55.2 cm³/mol. The van der Waals surface area contributed by atoms with E-state index in [4.69, 9.17) is 4.74 Å². The maximum Gasteiger partial charge on any atom is 0.307 e. The van der Waals surface area contributed by atoms with Crippen LogP contribution < -0.4 is 10.6 Å². The summed E-state index contributed by atoms with van der Waals surface area (Å²) in [6.07, 6.45) is 0.804. The topological polar surface area (TPSA) is 67.4 Å². The fourth-order valence-corrected chi connectivity index (χ4v) is 1.36. The molecule has 0 atom stereocenters. The van der Waals surface area contributed by atoms with E-state index in [1.165, 1.54) is 0 Å². The number of amides is 1. The largest absolute Gasteiger partial charge is 0.466 e. The number of hydrogen-bond acceptors (Lipinski definition) is 4. The van der Waals surface area contributed by atoms with Gasteiger partial charge in [-0.15, -0.1) is 0 Å². The Balaban J connectivity index is 1.98. The molecule has 0 saturated carbocycles. The van der Waals surface area contributed by atoms with Crippen LogP contribution in [-0.2, 0) is 14.3 Å². The second-order valence-electron chi connectivity index (χ2n) is 3.63. The second kappa shape index (κ2) is 6.40. The van der Waals surface area contributed by atoms with E-state index in [2.05, 4.69) is 10.6 Å². The van der Waals surface area contributed by atoms with Crippen LogP contribution in [0, 0.1) is 5.92 Å². The van der Waals surface area contributed by atoms with Crippen molar-refractivity contribution < 1.29 is 14.3 Å². The molecule has 15 heavy (non-hydrogen) atoms. The van der Waals surface area contributed by atoms with E-state index in [0.29, 0.717) is 25.5 Å². The third kappa shape index (κ3) is 4.78. The number of hydrogen-bond donors (Lipinski definition) is 2. The third-order valence-electron chi connectivity index (χ3n) is 2.30. The molecule has 0 aromatic rings. The summed E-state index contributed by atoms with van der Waals surface area (Å²) in [5, 5.41) is 5.81. The summed E-state index contributed by atoms with van der Waals surface area (Å²) in [5.74, 6) is 0.224. The number of ether oxygens (including phenoxy) is 1. The van der Waals surface area contributed by atoms with Gasteiger partial charge in [0.15, 0.2) is 0 Å². The lowest BCUT2D eigenvalue weighted by molar-refractivity contribution is -0.143. The van der Waals surface area contributed by atoms with E-state index in [9.17, 15) is 9.59 Å². The lowest BCUT2D eigenvalue weighted by Gasteiger charge is -2.26. The molecule has 0 radical (unpaired) electrons. The molecule has 5 heteroatoms. The second-order valence-corrected chi connectivity index (χ2v) is 3.63. The first-order valence-corrected chi connectivity index (χ1v) is 5.35. The predicted octanol–water partition coefficient (Wildman–Crippen LogP) is -0.335. The highest BCUT2D eigenvalue weighted by Gasteiger charge is 2.19. The maximum absolute atomic E-state index is 11.3. The highest BCUT2D eigenvalue weighted by atomic mass is 16.5. The van der Waals surface area contributed by atoms with E-state index in [-0.39, 0.29) is 18.3 Å². The minimum Gasteiger partial charge on any atom is -0.466 e. The van der Waals surface area contributed by atoms with Crippen molar-refractivity contribution in [3.05, 3.63) is 0 Å². The molecule has 86 valence electrons. The van der Waals surface area contributed by atoms with Gasteiger partial charge in [-0.3, -0.25) is 9.59 Å². The summed E-state index contributed by atoms with van der Waals surface area (Å²) in [6, 6.07) is 0. The Bertz CT molecular complexity index is 227. The van der Waals surface area contributed by atoms with Crippen molar-refractivity contribution >= 4 is 11.9 Å². The van der Waals surface area contributed by atoms with Gasteiger partial charge in [-0.05, 0) is 25.9 Å². The van der Waals surface area contributed by atoms with Gasteiger partial charge in [0.1, 0.15) is 0 Å². The summed E-state index contributed by atoms with van der Waals surface area (Å²) in [5.41, 5.74) is 0. The SMILES string of the molecule is CCOC(=O)CCNC(=O)CC1CNC1. The molecular formula is C10H18N2O3. The van der Waals surface area contributed by atoms with Crippen molar-refractivity contribution in [1.29, 1.82) is 0 Å². The third-order valence-corrected chi connectivity index (χ3v) is 2.30.